The van der Waals surface area contributed by atoms with Crippen LogP contribution in [-0.2, 0) is 5.54 Å². The topological polar surface area (TPSA) is 26.0 Å². The number of hydrogen-bond acceptors (Lipinski definition) is 1. The van der Waals surface area contributed by atoms with E-state index in [4.69, 9.17) is 5.73 Å². The standard InChI is InChI=1S/C20H23N/c21-20(12-15-11-19(20)18-7-3-6-17(15)18)16-9-8-13-4-1-2-5-14(13)10-16/h1-2,4-5,8-10,15,17-19H,3,6-7,11-12,21H2. The molecule has 5 rings (SSSR count). The number of rotatable bonds is 1. The summed E-state index contributed by atoms with van der Waals surface area (Å²) < 4.78 is 0. The Morgan fingerprint density at radius 3 is 2.67 bits per heavy atom. The quantitative estimate of drug-likeness (QED) is 0.819. The van der Waals surface area contributed by atoms with Crippen LogP contribution in [0.15, 0.2) is 42.5 Å². The van der Waals surface area contributed by atoms with Crippen molar-refractivity contribution in [3.05, 3.63) is 48.0 Å². The van der Waals surface area contributed by atoms with E-state index in [0.29, 0.717) is 0 Å². The SMILES string of the molecule is NC1(c2ccc3ccccc3c2)CC2CC1C1CCCC21. The summed E-state index contributed by atoms with van der Waals surface area (Å²) in [6.45, 7) is 0. The summed E-state index contributed by atoms with van der Waals surface area (Å²) >= 11 is 0. The van der Waals surface area contributed by atoms with Crippen LogP contribution in [-0.4, -0.2) is 0 Å². The maximum Gasteiger partial charge on any atom is 0.0444 e. The Morgan fingerprint density at radius 1 is 0.952 bits per heavy atom. The number of nitrogens with two attached hydrogens (primary N) is 1. The van der Waals surface area contributed by atoms with Crippen LogP contribution < -0.4 is 5.73 Å². The first-order valence-electron chi connectivity index (χ1n) is 8.54. The highest BCUT2D eigenvalue weighted by Gasteiger charge is 2.59. The van der Waals surface area contributed by atoms with Gasteiger partial charge < -0.3 is 5.73 Å². The van der Waals surface area contributed by atoms with Crippen LogP contribution in [0.1, 0.15) is 37.7 Å². The summed E-state index contributed by atoms with van der Waals surface area (Å²) in [6.07, 6.45) is 6.95. The molecule has 5 atom stereocenters. The molecule has 1 nitrogen and oxygen atoms in total. The van der Waals surface area contributed by atoms with Gasteiger partial charge in [-0.25, -0.2) is 0 Å². The summed E-state index contributed by atoms with van der Waals surface area (Å²) in [5.41, 5.74) is 8.35. The van der Waals surface area contributed by atoms with E-state index in [1.807, 2.05) is 0 Å². The summed E-state index contributed by atoms with van der Waals surface area (Å²) in [5.74, 6) is 3.56. The Hall–Kier alpha value is -1.34. The van der Waals surface area contributed by atoms with E-state index < -0.39 is 0 Å². The van der Waals surface area contributed by atoms with E-state index in [1.165, 1.54) is 48.4 Å². The number of benzene rings is 2. The second-order valence-electron chi connectivity index (χ2n) is 7.67. The molecule has 3 aliphatic rings. The molecule has 0 spiro atoms. The van der Waals surface area contributed by atoms with Gasteiger partial charge in [0.2, 0.25) is 0 Å². The van der Waals surface area contributed by atoms with Gasteiger partial charge in [-0.3, -0.25) is 0 Å². The molecular weight excluding hydrogens is 254 g/mol. The molecule has 3 fully saturated rings. The molecule has 2 N–H and O–H groups in total. The summed E-state index contributed by atoms with van der Waals surface area (Å²) in [7, 11) is 0. The normalized spacial score (nSPS) is 40.8. The number of hydrogen-bond donors (Lipinski definition) is 1. The van der Waals surface area contributed by atoms with Crippen molar-refractivity contribution in [1.82, 2.24) is 0 Å². The van der Waals surface area contributed by atoms with Crippen molar-refractivity contribution >= 4 is 10.8 Å². The second-order valence-corrected chi connectivity index (χ2v) is 7.67. The maximum absolute atomic E-state index is 7.01. The van der Waals surface area contributed by atoms with Gasteiger partial charge in [-0.2, -0.15) is 0 Å². The van der Waals surface area contributed by atoms with Crippen LogP contribution >= 0.6 is 0 Å². The van der Waals surface area contributed by atoms with Crippen LogP contribution in [0.2, 0.25) is 0 Å². The number of fused-ring (bicyclic) bond motifs is 6. The third-order valence-corrected chi connectivity index (χ3v) is 6.85. The van der Waals surface area contributed by atoms with Crippen LogP contribution in [0.25, 0.3) is 10.8 Å². The molecule has 0 amide bonds. The molecule has 0 heterocycles. The van der Waals surface area contributed by atoms with E-state index >= 15 is 0 Å². The Morgan fingerprint density at radius 2 is 1.76 bits per heavy atom. The molecule has 3 aliphatic carbocycles. The third-order valence-electron chi connectivity index (χ3n) is 6.85. The molecule has 2 bridgehead atoms. The fraction of sp³-hybridized carbons (Fsp3) is 0.500. The van der Waals surface area contributed by atoms with E-state index in [9.17, 15) is 0 Å². The maximum atomic E-state index is 7.01. The first kappa shape index (κ1) is 12.2. The molecule has 5 unspecified atom stereocenters. The lowest BCUT2D eigenvalue weighted by atomic mass is 9.68. The highest BCUT2D eigenvalue weighted by atomic mass is 14.8. The first-order chi connectivity index (χ1) is 10.3. The fourth-order valence-corrected chi connectivity index (χ4v) is 6.00. The molecule has 0 radical (unpaired) electrons. The lowest BCUT2D eigenvalue weighted by Gasteiger charge is -2.40. The molecule has 21 heavy (non-hydrogen) atoms. The molecular formula is C20H23N. The van der Waals surface area contributed by atoms with E-state index in [2.05, 4.69) is 42.5 Å². The molecule has 0 aromatic heterocycles. The fourth-order valence-electron chi connectivity index (χ4n) is 6.00. The zero-order chi connectivity index (χ0) is 14.0. The van der Waals surface area contributed by atoms with E-state index in [1.54, 1.807) is 0 Å². The van der Waals surface area contributed by atoms with Gasteiger partial charge in [0, 0.05) is 5.54 Å². The van der Waals surface area contributed by atoms with Crippen LogP contribution in [0.4, 0.5) is 0 Å². The Bertz CT molecular complexity index is 706. The summed E-state index contributed by atoms with van der Waals surface area (Å²) in [6, 6.07) is 15.6. The van der Waals surface area contributed by atoms with Crippen LogP contribution in [0, 0.1) is 23.7 Å². The molecule has 3 saturated carbocycles. The van der Waals surface area contributed by atoms with Crippen LogP contribution in [0.3, 0.4) is 0 Å². The van der Waals surface area contributed by atoms with Gasteiger partial charge in [0.05, 0.1) is 0 Å². The van der Waals surface area contributed by atoms with Crippen molar-refractivity contribution in [1.29, 1.82) is 0 Å². The van der Waals surface area contributed by atoms with Gasteiger partial charge >= 0.3 is 0 Å². The van der Waals surface area contributed by atoms with E-state index in [-0.39, 0.29) is 5.54 Å². The minimum atomic E-state index is -0.0554. The van der Waals surface area contributed by atoms with Gasteiger partial charge in [-0.15, -0.1) is 0 Å². The lowest BCUT2D eigenvalue weighted by Crippen LogP contribution is -2.46. The largest absolute Gasteiger partial charge is 0.321 e. The van der Waals surface area contributed by atoms with Crippen LogP contribution in [0.5, 0.6) is 0 Å². The first-order valence-corrected chi connectivity index (χ1v) is 8.54. The average Bonchev–Trinajstić information content (AvgIpc) is 3.18. The zero-order valence-electron chi connectivity index (χ0n) is 12.5. The highest BCUT2D eigenvalue weighted by Crippen LogP contribution is 2.64. The van der Waals surface area contributed by atoms with E-state index in [0.717, 1.165) is 23.7 Å². The van der Waals surface area contributed by atoms with Crippen molar-refractivity contribution in [3.8, 4) is 0 Å². The monoisotopic (exact) mass is 277 g/mol. The molecule has 2 aromatic rings. The minimum Gasteiger partial charge on any atom is -0.321 e. The van der Waals surface area contributed by atoms with Crippen molar-refractivity contribution in [3.63, 3.8) is 0 Å². The van der Waals surface area contributed by atoms with Crippen molar-refractivity contribution in [2.24, 2.45) is 29.4 Å². The summed E-state index contributed by atoms with van der Waals surface area (Å²) in [4.78, 5) is 0. The Balaban J connectivity index is 1.59. The van der Waals surface area contributed by atoms with Crippen molar-refractivity contribution in [2.45, 2.75) is 37.6 Å². The lowest BCUT2D eigenvalue weighted by molar-refractivity contribution is 0.157. The van der Waals surface area contributed by atoms with Crippen molar-refractivity contribution in [2.75, 3.05) is 0 Å². The van der Waals surface area contributed by atoms with Crippen molar-refractivity contribution < 1.29 is 0 Å². The molecule has 108 valence electrons. The molecule has 1 heteroatoms. The Labute approximate surface area is 126 Å². The predicted molar refractivity (Wildman–Crippen MR) is 86.9 cm³/mol. The van der Waals surface area contributed by atoms with Gasteiger partial charge in [0.15, 0.2) is 0 Å². The van der Waals surface area contributed by atoms with Gasteiger partial charge in [-0.05, 0) is 71.8 Å². The molecule has 0 aliphatic heterocycles. The predicted octanol–water partition coefficient (Wildman–Crippen LogP) is 4.45. The van der Waals surface area contributed by atoms with Gasteiger partial charge in [-0.1, -0.05) is 42.8 Å². The zero-order valence-corrected chi connectivity index (χ0v) is 12.5. The highest BCUT2D eigenvalue weighted by molar-refractivity contribution is 5.83. The van der Waals surface area contributed by atoms with Gasteiger partial charge in [0.1, 0.15) is 0 Å². The second kappa shape index (κ2) is 4.10. The molecule has 0 saturated heterocycles. The smallest absolute Gasteiger partial charge is 0.0444 e. The average molecular weight is 277 g/mol. The third kappa shape index (κ3) is 1.56. The van der Waals surface area contributed by atoms with Gasteiger partial charge in [0.25, 0.3) is 0 Å². The Kier molecular flexibility index (Phi) is 2.39. The minimum absolute atomic E-state index is 0.0554. The molecule has 2 aromatic carbocycles. The summed E-state index contributed by atoms with van der Waals surface area (Å²) in [5, 5.41) is 2.66.